The van der Waals surface area contributed by atoms with Crippen LogP contribution in [-0.2, 0) is 8.98 Å². The van der Waals surface area contributed by atoms with Gasteiger partial charge in [0, 0.05) is 19.0 Å². The molecule has 4 nitrogen and oxygen atoms in total. The summed E-state index contributed by atoms with van der Waals surface area (Å²) in [5, 5.41) is 0. The normalized spacial score (nSPS) is 5.12. The fourth-order valence-corrected chi connectivity index (χ4v) is 0.112. The monoisotopic (exact) mass is 138 g/mol. The molecular formula is C3H10N2O2S. The molecule has 0 rings (SSSR count). The van der Waals surface area contributed by atoms with Gasteiger partial charge in [0.1, 0.15) is 0 Å². The summed E-state index contributed by atoms with van der Waals surface area (Å²) < 4.78 is 3.84. The van der Waals surface area contributed by atoms with Crippen LogP contribution in [-0.4, -0.2) is 5.97 Å². The Hall–Kier alpha value is -0.520. The molecule has 0 saturated carbocycles. The number of thiol groups is 1. The Morgan fingerprint density at radius 2 is 2.00 bits per heavy atom. The van der Waals surface area contributed by atoms with Gasteiger partial charge in [-0.25, -0.2) is 4.79 Å². The lowest BCUT2D eigenvalue weighted by atomic mass is 10.7. The number of carbonyl (C=O) groups excluding carboxylic acids is 1. The van der Waals surface area contributed by atoms with E-state index in [9.17, 15) is 4.79 Å². The Bertz CT molecular complexity index is 75.7. The molecule has 0 unspecified atom stereocenters. The maximum atomic E-state index is 9.76. The van der Waals surface area contributed by atoms with Crippen molar-refractivity contribution in [2.24, 2.45) is 0 Å². The third-order valence-corrected chi connectivity index (χ3v) is 0.437. The van der Waals surface area contributed by atoms with E-state index in [1.54, 1.807) is 0 Å². The first-order chi connectivity index (χ1) is 2.81. The van der Waals surface area contributed by atoms with Crippen LogP contribution in [0.4, 0.5) is 0 Å². The first-order valence-electron chi connectivity index (χ1n) is 1.29. The van der Waals surface area contributed by atoms with Gasteiger partial charge >= 0.3 is 5.97 Å². The quantitative estimate of drug-likeness (QED) is 0.285. The highest BCUT2D eigenvalue weighted by molar-refractivity contribution is 7.75. The molecule has 6 N–H and O–H groups in total. The lowest BCUT2D eigenvalue weighted by molar-refractivity contribution is -0.127. The SMILES string of the molecule is C=CC(=O)OS.N.N. The van der Waals surface area contributed by atoms with Gasteiger partial charge in [-0.05, 0) is 0 Å². The fourth-order valence-electron chi connectivity index (χ4n) is 0.0373. The molecule has 8 heavy (non-hydrogen) atoms. The molecule has 0 radical (unpaired) electrons. The minimum Gasteiger partial charge on any atom is -0.391 e. The van der Waals surface area contributed by atoms with Crippen molar-refractivity contribution >= 4 is 18.9 Å². The minimum absolute atomic E-state index is 0. The van der Waals surface area contributed by atoms with E-state index < -0.39 is 5.97 Å². The topological polar surface area (TPSA) is 96.3 Å². The van der Waals surface area contributed by atoms with Crippen molar-refractivity contribution in [1.82, 2.24) is 12.3 Å². The molecule has 0 saturated heterocycles. The first kappa shape index (κ1) is 15.6. The molecule has 0 aliphatic carbocycles. The van der Waals surface area contributed by atoms with Gasteiger partial charge in [-0.3, -0.25) is 0 Å². The summed E-state index contributed by atoms with van der Waals surface area (Å²) in [5.74, 6) is -0.529. The second kappa shape index (κ2) is 9.70. The average Bonchev–Trinajstić information content (AvgIpc) is 1.65. The summed E-state index contributed by atoms with van der Waals surface area (Å²) in [5.41, 5.74) is 0. The summed E-state index contributed by atoms with van der Waals surface area (Å²) in [6.45, 7) is 3.11. The zero-order valence-electron chi connectivity index (χ0n) is 4.46. The van der Waals surface area contributed by atoms with Crippen molar-refractivity contribution in [3.8, 4) is 0 Å². The largest absolute Gasteiger partial charge is 0.391 e. The Morgan fingerprint density at radius 1 is 1.62 bits per heavy atom. The second-order valence-corrected chi connectivity index (χ2v) is 0.797. The Labute approximate surface area is 53.7 Å². The van der Waals surface area contributed by atoms with Gasteiger partial charge in [-0.15, -0.1) is 0 Å². The third-order valence-electron chi connectivity index (χ3n) is 0.257. The molecule has 50 valence electrons. The van der Waals surface area contributed by atoms with Crippen molar-refractivity contribution in [3.05, 3.63) is 12.7 Å². The van der Waals surface area contributed by atoms with E-state index in [0.717, 1.165) is 6.08 Å². The highest BCUT2D eigenvalue weighted by Gasteiger charge is 1.83. The lowest BCUT2D eigenvalue weighted by Crippen LogP contribution is -1.86. The van der Waals surface area contributed by atoms with E-state index in [0.29, 0.717) is 0 Å². The van der Waals surface area contributed by atoms with Gasteiger partial charge in [-0.2, -0.15) is 0 Å². The van der Waals surface area contributed by atoms with Crippen molar-refractivity contribution in [2.45, 2.75) is 0 Å². The molecule has 0 heterocycles. The summed E-state index contributed by atoms with van der Waals surface area (Å²) in [7, 11) is 0. The van der Waals surface area contributed by atoms with Crippen LogP contribution in [0, 0.1) is 0 Å². The molecule has 0 aromatic carbocycles. The zero-order valence-corrected chi connectivity index (χ0v) is 5.36. The molecule has 5 heteroatoms. The van der Waals surface area contributed by atoms with Gasteiger partial charge in [-0.1, -0.05) is 6.58 Å². The second-order valence-electron chi connectivity index (χ2n) is 0.614. The van der Waals surface area contributed by atoms with Crippen LogP contribution in [0.2, 0.25) is 0 Å². The fraction of sp³-hybridized carbons (Fsp3) is 0. The van der Waals surface area contributed by atoms with Crippen LogP contribution in [0.25, 0.3) is 0 Å². The highest BCUT2D eigenvalue weighted by Crippen LogP contribution is 1.78. The standard InChI is InChI=1S/C3H4O2S.2H3N/c1-2-3(4)5-6;;/h2,6H,1H2;2*1H3. The van der Waals surface area contributed by atoms with E-state index in [-0.39, 0.29) is 12.3 Å². The van der Waals surface area contributed by atoms with Crippen molar-refractivity contribution in [2.75, 3.05) is 0 Å². The van der Waals surface area contributed by atoms with Crippen LogP contribution < -0.4 is 12.3 Å². The van der Waals surface area contributed by atoms with Gasteiger partial charge in [0.2, 0.25) is 0 Å². The van der Waals surface area contributed by atoms with Crippen molar-refractivity contribution in [3.63, 3.8) is 0 Å². The number of rotatable bonds is 1. The predicted molar refractivity (Wildman–Crippen MR) is 35.3 cm³/mol. The first-order valence-corrected chi connectivity index (χ1v) is 1.65. The maximum absolute atomic E-state index is 9.76. The predicted octanol–water partition coefficient (Wildman–Crippen LogP) is 0.884. The molecule has 0 atom stereocenters. The Kier molecular flexibility index (Phi) is 19.0. The molecule has 0 aliphatic heterocycles. The lowest BCUT2D eigenvalue weighted by Gasteiger charge is -1.80. The summed E-state index contributed by atoms with van der Waals surface area (Å²) >= 11 is 3.17. The minimum atomic E-state index is -0.529. The van der Waals surface area contributed by atoms with E-state index in [1.807, 2.05) is 0 Å². The summed E-state index contributed by atoms with van der Waals surface area (Å²) in [4.78, 5) is 9.76. The van der Waals surface area contributed by atoms with E-state index in [4.69, 9.17) is 0 Å². The van der Waals surface area contributed by atoms with Gasteiger partial charge in [0.05, 0.1) is 0 Å². The number of hydrogen-bond acceptors (Lipinski definition) is 5. The molecule has 0 bridgehead atoms. The molecule has 0 aliphatic rings. The highest BCUT2D eigenvalue weighted by atomic mass is 32.1. The van der Waals surface area contributed by atoms with Crippen LogP contribution >= 0.6 is 12.9 Å². The molecule has 0 amide bonds. The van der Waals surface area contributed by atoms with Crippen molar-refractivity contribution in [1.29, 1.82) is 0 Å². The summed E-state index contributed by atoms with van der Waals surface area (Å²) in [6, 6.07) is 0. The smallest absolute Gasteiger partial charge is 0.341 e. The molecule has 0 aromatic rings. The third kappa shape index (κ3) is 9.08. The van der Waals surface area contributed by atoms with Crippen LogP contribution in [0.15, 0.2) is 12.7 Å². The average molecular weight is 138 g/mol. The van der Waals surface area contributed by atoms with E-state index in [2.05, 4.69) is 23.7 Å². The Balaban J connectivity index is -0.000000125. The maximum Gasteiger partial charge on any atom is 0.341 e. The van der Waals surface area contributed by atoms with Crippen LogP contribution in [0.3, 0.4) is 0 Å². The van der Waals surface area contributed by atoms with Crippen LogP contribution in [0.5, 0.6) is 0 Å². The van der Waals surface area contributed by atoms with E-state index in [1.165, 1.54) is 0 Å². The molecule has 0 spiro atoms. The number of carbonyl (C=O) groups is 1. The number of hydrogen-bond donors (Lipinski definition) is 3. The van der Waals surface area contributed by atoms with Gasteiger partial charge in [0.25, 0.3) is 0 Å². The van der Waals surface area contributed by atoms with Gasteiger partial charge in [0.15, 0.2) is 0 Å². The van der Waals surface area contributed by atoms with Gasteiger partial charge < -0.3 is 16.5 Å². The molecule has 0 aromatic heterocycles. The van der Waals surface area contributed by atoms with Crippen LogP contribution in [0.1, 0.15) is 0 Å². The molecule has 0 fully saturated rings. The van der Waals surface area contributed by atoms with E-state index >= 15 is 0 Å². The Morgan fingerprint density at radius 3 is 2.00 bits per heavy atom. The summed E-state index contributed by atoms with van der Waals surface area (Å²) in [6.07, 6.45) is 1.03. The zero-order chi connectivity index (χ0) is 4.99. The molecular weight excluding hydrogens is 128 g/mol. The van der Waals surface area contributed by atoms with Crippen molar-refractivity contribution < 1.29 is 8.98 Å².